The maximum atomic E-state index is 13.1. The first-order valence-corrected chi connectivity index (χ1v) is 12.5. The highest BCUT2D eigenvalue weighted by Crippen LogP contribution is 2.45. The SMILES string of the molecule is C=C(C(=O)Nc1cccc(-c2cnc(N3CC4CC4C3)nc2)n1)n1cnc2c1c(=O)n(CC#CC)c(=O)n2C. The van der Waals surface area contributed by atoms with E-state index < -0.39 is 17.2 Å². The van der Waals surface area contributed by atoms with Crippen LogP contribution >= 0.6 is 0 Å². The lowest BCUT2D eigenvalue weighted by Gasteiger charge is -2.17. The predicted molar refractivity (Wildman–Crippen MR) is 146 cm³/mol. The maximum Gasteiger partial charge on any atom is 0.333 e. The molecule has 39 heavy (non-hydrogen) atoms. The van der Waals surface area contributed by atoms with Crippen LogP contribution in [0.25, 0.3) is 28.1 Å². The Balaban J connectivity index is 1.23. The van der Waals surface area contributed by atoms with Gasteiger partial charge in [0, 0.05) is 38.1 Å². The van der Waals surface area contributed by atoms with Crippen molar-refractivity contribution in [3.63, 3.8) is 0 Å². The second-order valence-corrected chi connectivity index (χ2v) is 9.69. The summed E-state index contributed by atoms with van der Waals surface area (Å²) in [7, 11) is 1.50. The third-order valence-corrected chi connectivity index (χ3v) is 7.18. The molecule has 0 radical (unpaired) electrons. The van der Waals surface area contributed by atoms with Gasteiger partial charge in [-0.05, 0) is 37.3 Å². The number of carbonyl (C=O) groups excluding carboxylic acids is 1. The summed E-state index contributed by atoms with van der Waals surface area (Å²) in [6.45, 7) is 7.42. The van der Waals surface area contributed by atoms with Crippen LogP contribution in [-0.4, -0.2) is 52.6 Å². The van der Waals surface area contributed by atoms with Crippen molar-refractivity contribution in [3.05, 3.63) is 64.3 Å². The standard InChI is InChI=1S/C27H25N9O3/c1-4-5-9-35-25(38)22-23(33(3)27(35)39)30-15-36(22)16(2)24(37)32-21-8-6-7-20(31-21)19-11-28-26(29-12-19)34-13-17-10-18(17)14-34/h6-8,11-12,15,17-18H,2,9-10,13-14H2,1,3H3,(H,31,32,37). The van der Waals surface area contributed by atoms with Gasteiger partial charge in [-0.25, -0.2) is 29.3 Å². The van der Waals surface area contributed by atoms with Gasteiger partial charge in [-0.1, -0.05) is 18.6 Å². The number of rotatable bonds is 6. The number of hydrogen-bond donors (Lipinski definition) is 1. The van der Waals surface area contributed by atoms with Crippen molar-refractivity contribution in [1.82, 2.24) is 33.6 Å². The summed E-state index contributed by atoms with van der Waals surface area (Å²) >= 11 is 0. The monoisotopic (exact) mass is 523 g/mol. The van der Waals surface area contributed by atoms with Crippen molar-refractivity contribution < 1.29 is 4.79 Å². The second kappa shape index (κ2) is 9.36. The Morgan fingerprint density at radius 3 is 2.62 bits per heavy atom. The number of fused-ring (bicyclic) bond motifs is 2. The highest BCUT2D eigenvalue weighted by molar-refractivity contribution is 6.20. The Hall–Kier alpha value is -5.05. The Morgan fingerprint density at radius 1 is 1.15 bits per heavy atom. The van der Waals surface area contributed by atoms with Crippen LogP contribution in [-0.2, 0) is 18.4 Å². The van der Waals surface area contributed by atoms with E-state index in [1.807, 2.05) is 0 Å². The molecule has 4 aromatic rings. The van der Waals surface area contributed by atoms with E-state index in [4.69, 9.17) is 0 Å². The zero-order chi connectivity index (χ0) is 27.3. The Bertz CT molecular complexity index is 1810. The lowest BCUT2D eigenvalue weighted by Crippen LogP contribution is -2.39. The van der Waals surface area contributed by atoms with Crippen LogP contribution in [0.4, 0.5) is 11.8 Å². The number of nitrogens with one attached hydrogen (secondary N) is 1. The van der Waals surface area contributed by atoms with E-state index >= 15 is 0 Å². The molecule has 4 aromatic heterocycles. The van der Waals surface area contributed by atoms with E-state index in [-0.39, 0.29) is 29.2 Å². The van der Waals surface area contributed by atoms with Gasteiger partial charge in [0.15, 0.2) is 11.2 Å². The smallest absolute Gasteiger partial charge is 0.333 e. The van der Waals surface area contributed by atoms with Crippen LogP contribution < -0.4 is 21.5 Å². The number of aryl methyl sites for hydroxylation is 1. The minimum atomic E-state index is -0.614. The first-order valence-electron chi connectivity index (χ1n) is 12.5. The fourth-order valence-corrected chi connectivity index (χ4v) is 4.91. The predicted octanol–water partition coefficient (Wildman–Crippen LogP) is 1.34. The summed E-state index contributed by atoms with van der Waals surface area (Å²) in [6, 6.07) is 5.21. The zero-order valence-corrected chi connectivity index (χ0v) is 21.5. The minimum absolute atomic E-state index is 0.0457. The normalized spacial score (nSPS) is 17.4. The van der Waals surface area contributed by atoms with E-state index in [0.717, 1.165) is 41.0 Å². The third-order valence-electron chi connectivity index (χ3n) is 7.18. The lowest BCUT2D eigenvalue weighted by molar-refractivity contribution is -0.111. The molecule has 196 valence electrons. The topological polar surface area (TPSA) is 133 Å². The summed E-state index contributed by atoms with van der Waals surface area (Å²) in [5, 5.41) is 2.72. The number of piperidine rings is 1. The molecule has 1 saturated carbocycles. The Kier molecular flexibility index (Phi) is 5.83. The molecule has 2 atom stereocenters. The summed E-state index contributed by atoms with van der Waals surface area (Å²) in [4.78, 5) is 58.8. The molecule has 5 heterocycles. The molecule has 1 aliphatic heterocycles. The van der Waals surface area contributed by atoms with Gasteiger partial charge in [0.2, 0.25) is 5.95 Å². The Labute approximate surface area is 222 Å². The van der Waals surface area contributed by atoms with Crippen LogP contribution in [0, 0.1) is 23.7 Å². The van der Waals surface area contributed by atoms with Gasteiger partial charge >= 0.3 is 5.69 Å². The largest absolute Gasteiger partial charge is 0.340 e. The van der Waals surface area contributed by atoms with E-state index in [1.54, 1.807) is 37.5 Å². The molecule has 6 rings (SSSR count). The quantitative estimate of drug-likeness (QED) is 0.296. The third kappa shape index (κ3) is 4.27. The molecule has 1 amide bonds. The number of aromatic nitrogens is 7. The number of anilines is 2. The fourth-order valence-electron chi connectivity index (χ4n) is 4.91. The van der Waals surface area contributed by atoms with E-state index in [0.29, 0.717) is 5.69 Å². The number of hydrogen-bond acceptors (Lipinski definition) is 8. The number of amides is 1. The van der Waals surface area contributed by atoms with Gasteiger partial charge in [0.25, 0.3) is 11.5 Å². The molecule has 1 saturated heterocycles. The molecular formula is C27H25N9O3. The van der Waals surface area contributed by atoms with Gasteiger partial charge in [0.1, 0.15) is 17.8 Å². The summed E-state index contributed by atoms with van der Waals surface area (Å²) in [5.74, 6) is 7.38. The maximum absolute atomic E-state index is 13.1. The van der Waals surface area contributed by atoms with Crippen molar-refractivity contribution in [3.8, 4) is 23.1 Å². The molecule has 1 aliphatic carbocycles. The van der Waals surface area contributed by atoms with Crippen LogP contribution in [0.15, 0.2) is 53.1 Å². The van der Waals surface area contributed by atoms with Crippen LogP contribution in [0.3, 0.4) is 0 Å². The van der Waals surface area contributed by atoms with Gasteiger partial charge in [-0.15, -0.1) is 5.92 Å². The van der Waals surface area contributed by atoms with Gasteiger partial charge < -0.3 is 10.2 Å². The van der Waals surface area contributed by atoms with Crippen molar-refractivity contribution in [2.45, 2.75) is 19.9 Å². The van der Waals surface area contributed by atoms with E-state index in [1.165, 1.54) is 28.9 Å². The first-order chi connectivity index (χ1) is 18.9. The van der Waals surface area contributed by atoms with Gasteiger partial charge in [-0.3, -0.25) is 18.7 Å². The molecule has 0 bridgehead atoms. The zero-order valence-electron chi connectivity index (χ0n) is 21.5. The summed E-state index contributed by atoms with van der Waals surface area (Å²) in [5.41, 5.74) is 0.262. The number of carbonyl (C=O) groups is 1. The number of imidazole rings is 1. The van der Waals surface area contributed by atoms with Gasteiger partial charge in [0.05, 0.1) is 12.2 Å². The summed E-state index contributed by atoms with van der Waals surface area (Å²) in [6.07, 6.45) is 6.06. The van der Waals surface area contributed by atoms with Crippen molar-refractivity contribution >= 4 is 34.5 Å². The van der Waals surface area contributed by atoms with Crippen molar-refractivity contribution in [2.75, 3.05) is 23.3 Å². The second-order valence-electron chi connectivity index (χ2n) is 9.69. The molecule has 0 aromatic carbocycles. The summed E-state index contributed by atoms with van der Waals surface area (Å²) < 4.78 is 3.49. The van der Waals surface area contributed by atoms with Crippen LogP contribution in [0.1, 0.15) is 13.3 Å². The molecule has 1 N–H and O–H groups in total. The highest BCUT2D eigenvalue weighted by atomic mass is 16.2. The van der Waals surface area contributed by atoms with Crippen LogP contribution in [0.2, 0.25) is 0 Å². The van der Waals surface area contributed by atoms with Gasteiger partial charge in [-0.2, -0.15) is 0 Å². The van der Waals surface area contributed by atoms with Crippen LogP contribution in [0.5, 0.6) is 0 Å². The lowest BCUT2D eigenvalue weighted by atomic mass is 10.2. The molecule has 2 unspecified atom stereocenters. The number of pyridine rings is 1. The van der Waals surface area contributed by atoms with E-state index in [2.05, 4.69) is 48.6 Å². The van der Waals surface area contributed by atoms with Crippen molar-refractivity contribution in [1.29, 1.82) is 0 Å². The molecule has 2 fully saturated rings. The molecule has 12 heteroatoms. The average molecular weight is 524 g/mol. The molecule has 0 spiro atoms. The Morgan fingerprint density at radius 2 is 1.90 bits per heavy atom. The van der Waals surface area contributed by atoms with E-state index in [9.17, 15) is 14.4 Å². The molecular weight excluding hydrogens is 498 g/mol. The molecule has 2 aliphatic rings. The molecule has 12 nitrogen and oxygen atoms in total. The first kappa shape index (κ1) is 24.3. The minimum Gasteiger partial charge on any atom is -0.340 e. The fraction of sp³-hybridized carbons (Fsp3) is 0.296. The number of nitrogens with zero attached hydrogens (tertiary/aromatic N) is 8. The highest BCUT2D eigenvalue weighted by Gasteiger charge is 2.45. The average Bonchev–Trinajstić information content (AvgIpc) is 3.33. The van der Waals surface area contributed by atoms with Crippen molar-refractivity contribution in [2.24, 2.45) is 18.9 Å².